The minimum Gasteiger partial charge on any atom is -0.349 e. The van der Waals surface area contributed by atoms with E-state index in [1.54, 1.807) is 13.8 Å². The minimum atomic E-state index is -4.71. The molecule has 6 heteroatoms. The van der Waals surface area contributed by atoms with Crippen LogP contribution in [-0.2, 0) is 4.79 Å². The van der Waals surface area contributed by atoms with E-state index in [2.05, 4.69) is 10.3 Å². The summed E-state index contributed by atoms with van der Waals surface area (Å²) in [6.45, 7) is 6.13. The summed E-state index contributed by atoms with van der Waals surface area (Å²) >= 11 is 0. The van der Waals surface area contributed by atoms with Crippen LogP contribution >= 0.6 is 0 Å². The molecule has 0 heterocycles. The van der Waals surface area contributed by atoms with Crippen molar-refractivity contribution in [3.8, 4) is 0 Å². The van der Waals surface area contributed by atoms with Crippen LogP contribution in [-0.4, -0.2) is 29.9 Å². The van der Waals surface area contributed by atoms with Crippen LogP contribution in [0.5, 0.6) is 0 Å². The SMILES string of the molecule is CC(C)N=C(C(=O)NC(C)C)C(F)(F)F. The van der Waals surface area contributed by atoms with Crippen molar-refractivity contribution in [3.05, 3.63) is 0 Å². The lowest BCUT2D eigenvalue weighted by molar-refractivity contribution is -0.119. The third-order valence-corrected chi connectivity index (χ3v) is 1.29. The van der Waals surface area contributed by atoms with Gasteiger partial charge in [-0.25, -0.2) is 0 Å². The van der Waals surface area contributed by atoms with Crippen LogP contribution in [0.1, 0.15) is 27.7 Å². The lowest BCUT2D eigenvalue weighted by Crippen LogP contribution is -2.43. The number of nitrogens with one attached hydrogen (secondary N) is 1. The topological polar surface area (TPSA) is 41.5 Å². The minimum absolute atomic E-state index is 0.350. The highest BCUT2D eigenvalue weighted by Gasteiger charge is 2.40. The first kappa shape index (κ1) is 13.9. The van der Waals surface area contributed by atoms with Gasteiger partial charge in [-0.3, -0.25) is 9.79 Å². The van der Waals surface area contributed by atoms with Gasteiger partial charge in [0.1, 0.15) is 0 Å². The molecule has 0 aromatic rings. The predicted octanol–water partition coefficient (Wildman–Crippen LogP) is 1.92. The molecule has 0 saturated heterocycles. The van der Waals surface area contributed by atoms with Gasteiger partial charge in [0.15, 0.2) is 0 Å². The molecule has 0 saturated carbocycles. The molecule has 1 N–H and O–H groups in total. The fraction of sp³-hybridized carbons (Fsp3) is 0.778. The smallest absolute Gasteiger partial charge is 0.349 e. The molecule has 0 aromatic carbocycles. The highest BCUT2D eigenvalue weighted by atomic mass is 19.4. The molecule has 0 fully saturated rings. The summed E-state index contributed by atoms with van der Waals surface area (Å²) in [5.74, 6) is -1.17. The molecule has 88 valence electrons. The average molecular weight is 224 g/mol. The predicted molar refractivity (Wildman–Crippen MR) is 51.9 cm³/mol. The Balaban J connectivity index is 4.89. The van der Waals surface area contributed by atoms with Gasteiger partial charge in [-0.15, -0.1) is 0 Å². The van der Waals surface area contributed by atoms with Gasteiger partial charge < -0.3 is 5.32 Å². The quantitative estimate of drug-likeness (QED) is 0.731. The van der Waals surface area contributed by atoms with Crippen molar-refractivity contribution in [3.63, 3.8) is 0 Å². The number of hydrogen-bond donors (Lipinski definition) is 1. The van der Waals surface area contributed by atoms with Crippen molar-refractivity contribution >= 4 is 11.6 Å². The van der Waals surface area contributed by atoms with Crippen molar-refractivity contribution in [2.24, 2.45) is 4.99 Å². The lowest BCUT2D eigenvalue weighted by atomic mass is 10.3. The highest BCUT2D eigenvalue weighted by molar-refractivity contribution is 6.41. The molecule has 0 unspecified atom stereocenters. The Bertz CT molecular complexity index is 257. The normalized spacial score (nSPS) is 13.5. The Kier molecular flexibility index (Phi) is 4.77. The molecule has 0 atom stereocenters. The van der Waals surface area contributed by atoms with E-state index in [9.17, 15) is 18.0 Å². The number of carbonyl (C=O) groups excluding carboxylic acids is 1. The van der Waals surface area contributed by atoms with Gasteiger partial charge in [0.25, 0.3) is 5.91 Å². The van der Waals surface area contributed by atoms with Crippen LogP contribution in [0.3, 0.4) is 0 Å². The Morgan fingerprint density at radius 2 is 1.67 bits per heavy atom. The van der Waals surface area contributed by atoms with Crippen LogP contribution in [0.2, 0.25) is 0 Å². The Hall–Kier alpha value is -1.07. The van der Waals surface area contributed by atoms with Gasteiger partial charge in [0, 0.05) is 12.1 Å². The summed E-state index contributed by atoms with van der Waals surface area (Å²) in [6, 6.07) is -0.920. The third kappa shape index (κ3) is 5.39. The zero-order valence-corrected chi connectivity index (χ0v) is 9.14. The summed E-state index contributed by atoms with van der Waals surface area (Å²) in [4.78, 5) is 14.5. The lowest BCUT2D eigenvalue weighted by Gasteiger charge is -2.13. The molecule has 0 aliphatic carbocycles. The Labute approximate surface area is 86.8 Å². The second-order valence-corrected chi connectivity index (χ2v) is 3.70. The number of rotatable bonds is 3. The molecule has 0 aliphatic heterocycles. The van der Waals surface area contributed by atoms with Crippen LogP contribution in [0.25, 0.3) is 0 Å². The standard InChI is InChI=1S/C9H15F3N2O/c1-5(2)13-7(9(10,11)12)8(15)14-6(3)4/h5-6H,1-4H3,(H,14,15). The summed E-state index contributed by atoms with van der Waals surface area (Å²) in [7, 11) is 0. The van der Waals surface area contributed by atoms with E-state index in [1.807, 2.05) is 0 Å². The largest absolute Gasteiger partial charge is 0.438 e. The number of halogens is 3. The van der Waals surface area contributed by atoms with Crippen molar-refractivity contribution < 1.29 is 18.0 Å². The van der Waals surface area contributed by atoms with E-state index in [0.29, 0.717) is 0 Å². The zero-order chi connectivity index (χ0) is 12.2. The van der Waals surface area contributed by atoms with Gasteiger partial charge in [-0.1, -0.05) is 0 Å². The molecular weight excluding hydrogens is 209 g/mol. The second-order valence-electron chi connectivity index (χ2n) is 3.70. The van der Waals surface area contributed by atoms with Crippen molar-refractivity contribution in [1.82, 2.24) is 5.32 Å². The van der Waals surface area contributed by atoms with E-state index in [4.69, 9.17) is 0 Å². The molecule has 1 amide bonds. The van der Waals surface area contributed by atoms with Crippen molar-refractivity contribution in [1.29, 1.82) is 0 Å². The number of carbonyl (C=O) groups is 1. The van der Waals surface area contributed by atoms with Crippen LogP contribution in [0.15, 0.2) is 4.99 Å². The molecule has 0 spiro atoms. The van der Waals surface area contributed by atoms with Crippen molar-refractivity contribution in [2.45, 2.75) is 46.0 Å². The third-order valence-electron chi connectivity index (χ3n) is 1.29. The molecular formula is C9H15F3N2O. The van der Waals surface area contributed by atoms with Crippen LogP contribution < -0.4 is 5.32 Å². The number of alkyl halides is 3. The van der Waals surface area contributed by atoms with Crippen molar-refractivity contribution in [2.75, 3.05) is 0 Å². The molecule has 15 heavy (non-hydrogen) atoms. The molecule has 0 rings (SSSR count). The van der Waals surface area contributed by atoms with E-state index in [0.717, 1.165) is 0 Å². The molecule has 0 aliphatic rings. The summed E-state index contributed by atoms with van der Waals surface area (Å²) in [6.07, 6.45) is -4.71. The first-order chi connectivity index (χ1) is 6.64. The second kappa shape index (κ2) is 5.14. The fourth-order valence-corrected chi connectivity index (χ4v) is 0.849. The molecule has 0 bridgehead atoms. The Morgan fingerprint density at radius 3 is 1.93 bits per heavy atom. The van der Waals surface area contributed by atoms with Crippen LogP contribution in [0.4, 0.5) is 13.2 Å². The monoisotopic (exact) mass is 224 g/mol. The van der Waals surface area contributed by atoms with E-state index in [-0.39, 0.29) is 6.04 Å². The Morgan fingerprint density at radius 1 is 1.20 bits per heavy atom. The van der Waals surface area contributed by atoms with Gasteiger partial charge in [-0.2, -0.15) is 13.2 Å². The number of aliphatic imine (C=N–C) groups is 1. The molecule has 0 aromatic heterocycles. The van der Waals surface area contributed by atoms with E-state index < -0.39 is 23.8 Å². The fourth-order valence-electron chi connectivity index (χ4n) is 0.849. The van der Waals surface area contributed by atoms with E-state index in [1.165, 1.54) is 13.8 Å². The first-order valence-electron chi connectivity index (χ1n) is 4.60. The number of nitrogens with zero attached hydrogens (tertiary/aromatic N) is 1. The molecule has 0 radical (unpaired) electrons. The first-order valence-corrected chi connectivity index (χ1v) is 4.60. The van der Waals surface area contributed by atoms with Gasteiger partial charge in [-0.05, 0) is 27.7 Å². The average Bonchev–Trinajstić information content (AvgIpc) is 1.95. The maximum Gasteiger partial charge on any atom is 0.438 e. The number of hydrogen-bond acceptors (Lipinski definition) is 2. The van der Waals surface area contributed by atoms with Gasteiger partial charge in [0.05, 0.1) is 0 Å². The zero-order valence-electron chi connectivity index (χ0n) is 9.14. The summed E-state index contributed by atoms with van der Waals surface area (Å²) in [5, 5.41) is 2.17. The number of amides is 1. The molecule has 3 nitrogen and oxygen atoms in total. The van der Waals surface area contributed by atoms with Crippen LogP contribution in [0, 0.1) is 0 Å². The highest BCUT2D eigenvalue weighted by Crippen LogP contribution is 2.18. The summed E-state index contributed by atoms with van der Waals surface area (Å²) < 4.78 is 37.2. The van der Waals surface area contributed by atoms with E-state index >= 15 is 0 Å². The maximum absolute atomic E-state index is 12.4. The van der Waals surface area contributed by atoms with Gasteiger partial charge in [0.2, 0.25) is 5.71 Å². The maximum atomic E-state index is 12.4. The van der Waals surface area contributed by atoms with Gasteiger partial charge >= 0.3 is 6.18 Å². The summed E-state index contributed by atoms with van der Waals surface area (Å²) in [5.41, 5.74) is -1.37.